The fraction of sp³-hybridized carbons (Fsp3) is 0.353. The van der Waals surface area contributed by atoms with Crippen LogP contribution in [-0.4, -0.2) is 51.1 Å². The Bertz CT molecular complexity index is 872. The van der Waals surface area contributed by atoms with E-state index in [-0.39, 0.29) is 0 Å². The summed E-state index contributed by atoms with van der Waals surface area (Å²) >= 11 is 0. The van der Waals surface area contributed by atoms with Crippen molar-refractivity contribution in [1.29, 1.82) is 0 Å². The van der Waals surface area contributed by atoms with Gasteiger partial charge in [-0.15, -0.1) is 0 Å². The molecule has 24 heavy (non-hydrogen) atoms. The molecule has 1 fully saturated rings. The fourth-order valence-corrected chi connectivity index (χ4v) is 3.17. The Morgan fingerprint density at radius 3 is 2.38 bits per heavy atom. The molecule has 7 heteroatoms. The van der Waals surface area contributed by atoms with E-state index >= 15 is 0 Å². The minimum absolute atomic E-state index is 0.777. The van der Waals surface area contributed by atoms with E-state index in [0.29, 0.717) is 0 Å². The third-order valence-corrected chi connectivity index (χ3v) is 4.34. The van der Waals surface area contributed by atoms with Crippen molar-refractivity contribution < 1.29 is 0 Å². The third-order valence-electron chi connectivity index (χ3n) is 4.34. The van der Waals surface area contributed by atoms with E-state index in [1.807, 2.05) is 19.2 Å². The summed E-state index contributed by atoms with van der Waals surface area (Å²) < 4.78 is 0. The van der Waals surface area contributed by atoms with E-state index < -0.39 is 0 Å². The van der Waals surface area contributed by atoms with Crippen LogP contribution in [0.3, 0.4) is 0 Å². The number of hydrogen-bond donors (Lipinski definition) is 0. The Hall–Kier alpha value is -2.83. The maximum Gasteiger partial charge on any atom is 0.140 e. The molecule has 0 bridgehead atoms. The van der Waals surface area contributed by atoms with Crippen LogP contribution in [0.1, 0.15) is 11.4 Å². The summed E-state index contributed by atoms with van der Waals surface area (Å²) in [5.74, 6) is 2.80. The van der Waals surface area contributed by atoms with Crippen LogP contribution in [0.25, 0.3) is 10.9 Å². The summed E-state index contributed by atoms with van der Waals surface area (Å²) in [7, 11) is 0. The zero-order valence-electron chi connectivity index (χ0n) is 13.8. The summed E-state index contributed by atoms with van der Waals surface area (Å²) in [6, 6.07) is 1.99. The molecule has 0 radical (unpaired) electrons. The molecule has 4 heterocycles. The monoisotopic (exact) mass is 321 g/mol. The summed E-state index contributed by atoms with van der Waals surface area (Å²) in [4.78, 5) is 26.5. The number of aromatic nitrogens is 5. The van der Waals surface area contributed by atoms with E-state index in [2.05, 4.69) is 41.6 Å². The molecular formula is C17H19N7. The molecule has 0 atom stereocenters. The zero-order chi connectivity index (χ0) is 16.5. The molecule has 1 aliphatic rings. The van der Waals surface area contributed by atoms with E-state index in [0.717, 1.165) is 60.1 Å². The Morgan fingerprint density at radius 1 is 0.875 bits per heavy atom. The average Bonchev–Trinajstić information content (AvgIpc) is 2.62. The van der Waals surface area contributed by atoms with Crippen molar-refractivity contribution in [3.8, 4) is 0 Å². The molecule has 7 nitrogen and oxygen atoms in total. The van der Waals surface area contributed by atoms with Crippen LogP contribution in [0.5, 0.6) is 0 Å². The van der Waals surface area contributed by atoms with E-state index in [1.54, 1.807) is 18.7 Å². The second kappa shape index (κ2) is 5.99. The van der Waals surface area contributed by atoms with Gasteiger partial charge in [-0.3, -0.25) is 4.98 Å². The minimum atomic E-state index is 0.777. The topological polar surface area (TPSA) is 70.9 Å². The Labute approximate surface area is 140 Å². The Balaban J connectivity index is 1.60. The molecule has 0 amide bonds. The summed E-state index contributed by atoms with van der Waals surface area (Å²) in [6.45, 7) is 7.60. The van der Waals surface area contributed by atoms with Gasteiger partial charge < -0.3 is 9.80 Å². The first-order valence-corrected chi connectivity index (χ1v) is 8.07. The van der Waals surface area contributed by atoms with E-state index in [1.165, 1.54) is 0 Å². The highest BCUT2D eigenvalue weighted by Crippen LogP contribution is 2.25. The number of nitrogens with zero attached hydrogens (tertiary/aromatic N) is 7. The number of anilines is 2. The number of hydrogen-bond acceptors (Lipinski definition) is 7. The summed E-state index contributed by atoms with van der Waals surface area (Å²) in [5, 5.41) is 1.06. The average molecular weight is 321 g/mol. The number of aryl methyl sites for hydroxylation is 2. The van der Waals surface area contributed by atoms with Gasteiger partial charge in [0, 0.05) is 49.5 Å². The molecule has 0 unspecified atom stereocenters. The van der Waals surface area contributed by atoms with Crippen molar-refractivity contribution in [3.05, 3.63) is 42.4 Å². The predicted molar refractivity (Wildman–Crippen MR) is 93.3 cm³/mol. The summed E-state index contributed by atoms with van der Waals surface area (Å²) in [5.41, 5.74) is 2.01. The molecule has 3 aromatic rings. The van der Waals surface area contributed by atoms with Crippen molar-refractivity contribution in [2.45, 2.75) is 13.8 Å². The Kier molecular flexibility index (Phi) is 3.68. The highest BCUT2D eigenvalue weighted by Gasteiger charge is 2.22. The lowest BCUT2D eigenvalue weighted by Gasteiger charge is -2.36. The molecule has 3 aromatic heterocycles. The SMILES string of the molecule is Cc1nc(N2CCN(c3ncncc3C)CC2)c2ccncc2n1. The van der Waals surface area contributed by atoms with Gasteiger partial charge in [-0.25, -0.2) is 19.9 Å². The molecule has 1 saturated heterocycles. The summed E-state index contributed by atoms with van der Waals surface area (Å²) in [6.07, 6.45) is 7.07. The lowest BCUT2D eigenvalue weighted by Crippen LogP contribution is -2.47. The number of piperazine rings is 1. The van der Waals surface area contributed by atoms with Gasteiger partial charge >= 0.3 is 0 Å². The van der Waals surface area contributed by atoms with Gasteiger partial charge in [-0.2, -0.15) is 0 Å². The van der Waals surface area contributed by atoms with Crippen molar-refractivity contribution in [1.82, 2.24) is 24.9 Å². The molecule has 0 N–H and O–H groups in total. The quantitative estimate of drug-likeness (QED) is 0.712. The van der Waals surface area contributed by atoms with Gasteiger partial charge in [0.25, 0.3) is 0 Å². The lowest BCUT2D eigenvalue weighted by atomic mass is 10.2. The molecule has 4 rings (SSSR count). The normalized spacial score (nSPS) is 15.1. The first kappa shape index (κ1) is 14.7. The van der Waals surface area contributed by atoms with Crippen LogP contribution in [0.15, 0.2) is 31.0 Å². The molecule has 0 aromatic carbocycles. The van der Waals surface area contributed by atoms with Crippen molar-refractivity contribution in [2.75, 3.05) is 36.0 Å². The van der Waals surface area contributed by atoms with Crippen LogP contribution < -0.4 is 9.80 Å². The number of fused-ring (bicyclic) bond motifs is 1. The minimum Gasteiger partial charge on any atom is -0.353 e. The van der Waals surface area contributed by atoms with Crippen molar-refractivity contribution in [3.63, 3.8) is 0 Å². The van der Waals surface area contributed by atoms with Crippen molar-refractivity contribution >= 4 is 22.5 Å². The molecular weight excluding hydrogens is 302 g/mol. The number of rotatable bonds is 2. The third kappa shape index (κ3) is 2.62. The first-order chi connectivity index (χ1) is 11.7. The van der Waals surface area contributed by atoms with Crippen LogP contribution in [-0.2, 0) is 0 Å². The molecule has 0 saturated carbocycles. The van der Waals surface area contributed by atoms with E-state index in [9.17, 15) is 0 Å². The highest BCUT2D eigenvalue weighted by molar-refractivity contribution is 5.88. The van der Waals surface area contributed by atoms with Gasteiger partial charge in [-0.05, 0) is 19.9 Å². The molecule has 0 aliphatic carbocycles. The predicted octanol–water partition coefficient (Wildman–Crippen LogP) is 1.76. The van der Waals surface area contributed by atoms with Gasteiger partial charge in [0.15, 0.2) is 0 Å². The Morgan fingerprint density at radius 2 is 1.62 bits per heavy atom. The van der Waals surface area contributed by atoms with Crippen molar-refractivity contribution in [2.24, 2.45) is 0 Å². The van der Waals surface area contributed by atoms with Gasteiger partial charge in [0.2, 0.25) is 0 Å². The van der Waals surface area contributed by atoms with Gasteiger partial charge in [-0.1, -0.05) is 0 Å². The van der Waals surface area contributed by atoms with Crippen LogP contribution in [0, 0.1) is 13.8 Å². The largest absolute Gasteiger partial charge is 0.353 e. The molecule has 0 spiro atoms. The lowest BCUT2D eigenvalue weighted by molar-refractivity contribution is 0.640. The second-order valence-corrected chi connectivity index (χ2v) is 5.99. The maximum absolute atomic E-state index is 4.68. The van der Waals surface area contributed by atoms with Gasteiger partial charge in [0.05, 0.1) is 11.7 Å². The van der Waals surface area contributed by atoms with Crippen LogP contribution >= 0.6 is 0 Å². The fourth-order valence-electron chi connectivity index (χ4n) is 3.17. The molecule has 122 valence electrons. The smallest absolute Gasteiger partial charge is 0.140 e. The maximum atomic E-state index is 4.68. The van der Waals surface area contributed by atoms with Crippen LogP contribution in [0.4, 0.5) is 11.6 Å². The second-order valence-electron chi connectivity index (χ2n) is 5.99. The van der Waals surface area contributed by atoms with Gasteiger partial charge in [0.1, 0.15) is 23.8 Å². The van der Waals surface area contributed by atoms with E-state index in [4.69, 9.17) is 0 Å². The molecule has 1 aliphatic heterocycles. The zero-order valence-corrected chi connectivity index (χ0v) is 13.8. The first-order valence-electron chi connectivity index (χ1n) is 8.07. The highest BCUT2D eigenvalue weighted by atomic mass is 15.3. The van der Waals surface area contributed by atoms with Crippen LogP contribution in [0.2, 0.25) is 0 Å². The standard InChI is InChI=1S/C17H19N7/c1-12-9-19-11-20-16(12)23-5-7-24(8-6-23)17-14-3-4-18-10-15(14)21-13(2)22-17/h3-4,9-11H,5-8H2,1-2H3. The number of pyridine rings is 1.